The SMILES string of the molecule is CCCCCCc1ccc(OCCOc2ccc(/C=N\NC(C)=O)cc2)cc1. The molecule has 1 amide bonds. The van der Waals surface area contributed by atoms with Crippen molar-refractivity contribution in [2.45, 2.75) is 46.0 Å². The minimum absolute atomic E-state index is 0.196. The first kappa shape index (κ1) is 21.5. The molecule has 0 fully saturated rings. The standard InChI is InChI=1S/C23H30N2O3/c1-3-4-5-6-7-20-8-12-22(13-9-20)27-16-17-28-23-14-10-21(11-15-23)18-24-25-19(2)26/h8-15,18H,3-7,16-17H2,1-2H3,(H,25,26)/b24-18-. The number of hydrogen-bond acceptors (Lipinski definition) is 4. The second kappa shape index (κ2) is 12.5. The van der Waals surface area contributed by atoms with Crippen LogP contribution in [0.4, 0.5) is 0 Å². The molecule has 0 bridgehead atoms. The van der Waals surface area contributed by atoms with Gasteiger partial charge in [-0.1, -0.05) is 38.3 Å². The van der Waals surface area contributed by atoms with E-state index in [2.05, 4.69) is 29.6 Å². The second-order valence-electron chi connectivity index (χ2n) is 6.65. The highest BCUT2D eigenvalue weighted by Crippen LogP contribution is 2.15. The van der Waals surface area contributed by atoms with Crippen molar-refractivity contribution in [1.29, 1.82) is 0 Å². The summed E-state index contributed by atoms with van der Waals surface area (Å²) in [6.45, 7) is 4.61. The molecule has 0 unspecified atom stereocenters. The number of benzene rings is 2. The number of carbonyl (C=O) groups excluding carboxylic acids is 1. The van der Waals surface area contributed by atoms with Crippen LogP contribution in [0.1, 0.15) is 50.7 Å². The lowest BCUT2D eigenvalue weighted by atomic mass is 10.1. The van der Waals surface area contributed by atoms with Crippen LogP contribution in [0, 0.1) is 0 Å². The molecular weight excluding hydrogens is 352 g/mol. The van der Waals surface area contributed by atoms with Crippen LogP contribution in [0.5, 0.6) is 11.5 Å². The molecule has 150 valence electrons. The van der Waals surface area contributed by atoms with Crippen molar-refractivity contribution in [2.75, 3.05) is 13.2 Å². The van der Waals surface area contributed by atoms with Crippen molar-refractivity contribution in [3.05, 3.63) is 59.7 Å². The lowest BCUT2D eigenvalue weighted by molar-refractivity contribution is -0.118. The quantitative estimate of drug-likeness (QED) is 0.328. The molecule has 0 saturated carbocycles. The minimum atomic E-state index is -0.196. The molecule has 5 heteroatoms. The van der Waals surface area contributed by atoms with Gasteiger partial charge in [-0.15, -0.1) is 0 Å². The Kier molecular flexibility index (Phi) is 9.62. The largest absolute Gasteiger partial charge is 0.490 e. The summed E-state index contributed by atoms with van der Waals surface area (Å²) in [5, 5.41) is 3.83. The van der Waals surface area contributed by atoms with Crippen molar-refractivity contribution in [3.63, 3.8) is 0 Å². The Bertz CT molecular complexity index is 725. The average molecular weight is 383 g/mol. The number of ether oxygens (including phenoxy) is 2. The summed E-state index contributed by atoms with van der Waals surface area (Å²) < 4.78 is 11.4. The van der Waals surface area contributed by atoms with Crippen molar-refractivity contribution >= 4 is 12.1 Å². The van der Waals surface area contributed by atoms with Crippen LogP contribution in [0.15, 0.2) is 53.6 Å². The van der Waals surface area contributed by atoms with Crippen LogP contribution in [-0.4, -0.2) is 25.3 Å². The number of rotatable bonds is 12. The summed E-state index contributed by atoms with van der Waals surface area (Å²) in [5.74, 6) is 1.44. The molecule has 0 radical (unpaired) electrons. The summed E-state index contributed by atoms with van der Waals surface area (Å²) in [6, 6.07) is 15.8. The maximum Gasteiger partial charge on any atom is 0.236 e. The first-order chi connectivity index (χ1) is 13.7. The zero-order valence-corrected chi connectivity index (χ0v) is 16.8. The third kappa shape index (κ3) is 8.71. The number of hydrogen-bond donors (Lipinski definition) is 1. The van der Waals surface area contributed by atoms with Gasteiger partial charge in [-0.05, 0) is 60.4 Å². The number of hydrazone groups is 1. The van der Waals surface area contributed by atoms with Crippen LogP contribution < -0.4 is 14.9 Å². The molecule has 2 aromatic carbocycles. The van der Waals surface area contributed by atoms with E-state index >= 15 is 0 Å². The highest BCUT2D eigenvalue weighted by Gasteiger charge is 1.98. The van der Waals surface area contributed by atoms with Crippen LogP contribution >= 0.6 is 0 Å². The highest BCUT2D eigenvalue weighted by atomic mass is 16.5. The van der Waals surface area contributed by atoms with Gasteiger partial charge in [0.25, 0.3) is 0 Å². The van der Waals surface area contributed by atoms with E-state index in [0.29, 0.717) is 13.2 Å². The molecule has 0 spiro atoms. The zero-order valence-electron chi connectivity index (χ0n) is 16.8. The highest BCUT2D eigenvalue weighted by molar-refractivity contribution is 5.81. The Morgan fingerprint density at radius 3 is 2.11 bits per heavy atom. The van der Waals surface area contributed by atoms with E-state index in [4.69, 9.17) is 9.47 Å². The predicted octanol–water partition coefficient (Wildman–Crippen LogP) is 4.74. The van der Waals surface area contributed by atoms with Gasteiger partial charge in [-0.3, -0.25) is 4.79 Å². The van der Waals surface area contributed by atoms with Crippen LogP contribution in [0.25, 0.3) is 0 Å². The molecule has 0 atom stereocenters. The first-order valence-corrected chi connectivity index (χ1v) is 9.91. The number of unbranched alkanes of at least 4 members (excludes halogenated alkanes) is 3. The second-order valence-corrected chi connectivity index (χ2v) is 6.65. The molecule has 28 heavy (non-hydrogen) atoms. The van der Waals surface area contributed by atoms with Gasteiger partial charge in [0.1, 0.15) is 24.7 Å². The number of amides is 1. The Balaban J connectivity index is 1.65. The molecule has 0 saturated heterocycles. The molecule has 2 aromatic rings. The van der Waals surface area contributed by atoms with Crippen LogP contribution in [0.2, 0.25) is 0 Å². The third-order valence-corrected chi connectivity index (χ3v) is 4.18. The van der Waals surface area contributed by atoms with Crippen molar-refractivity contribution in [1.82, 2.24) is 5.43 Å². The number of carbonyl (C=O) groups is 1. The average Bonchev–Trinajstić information content (AvgIpc) is 2.70. The predicted molar refractivity (Wildman–Crippen MR) is 113 cm³/mol. The van der Waals surface area contributed by atoms with Crippen molar-refractivity contribution < 1.29 is 14.3 Å². The van der Waals surface area contributed by atoms with E-state index in [-0.39, 0.29) is 5.91 Å². The summed E-state index contributed by atoms with van der Waals surface area (Å²) in [4.78, 5) is 10.8. The van der Waals surface area contributed by atoms with E-state index in [1.807, 2.05) is 36.4 Å². The maximum atomic E-state index is 10.8. The minimum Gasteiger partial charge on any atom is -0.490 e. The van der Waals surface area contributed by atoms with Crippen molar-refractivity contribution in [2.24, 2.45) is 5.10 Å². The molecule has 2 rings (SSSR count). The molecule has 0 heterocycles. The van der Waals surface area contributed by atoms with Gasteiger partial charge >= 0.3 is 0 Å². The number of nitrogens with zero attached hydrogens (tertiary/aromatic N) is 1. The Labute approximate surface area is 167 Å². The summed E-state index contributed by atoms with van der Waals surface area (Å²) in [7, 11) is 0. The van der Waals surface area contributed by atoms with E-state index in [1.165, 1.54) is 38.2 Å². The Hall–Kier alpha value is -2.82. The maximum absolute atomic E-state index is 10.8. The fraction of sp³-hybridized carbons (Fsp3) is 0.391. The Morgan fingerprint density at radius 1 is 0.929 bits per heavy atom. The molecule has 5 nitrogen and oxygen atoms in total. The number of aryl methyl sites for hydroxylation is 1. The normalized spacial score (nSPS) is 10.8. The lowest BCUT2D eigenvalue weighted by Gasteiger charge is -2.09. The van der Waals surface area contributed by atoms with Gasteiger partial charge in [-0.25, -0.2) is 5.43 Å². The van der Waals surface area contributed by atoms with Crippen LogP contribution in [0.3, 0.4) is 0 Å². The van der Waals surface area contributed by atoms with Gasteiger partial charge in [0.05, 0.1) is 6.21 Å². The topological polar surface area (TPSA) is 59.9 Å². The smallest absolute Gasteiger partial charge is 0.236 e. The first-order valence-electron chi connectivity index (χ1n) is 9.91. The molecule has 0 aliphatic carbocycles. The van der Waals surface area contributed by atoms with Crippen molar-refractivity contribution in [3.8, 4) is 11.5 Å². The molecule has 0 aliphatic heterocycles. The molecule has 0 aromatic heterocycles. The molecule has 0 aliphatic rings. The monoisotopic (exact) mass is 382 g/mol. The van der Waals surface area contributed by atoms with Gasteiger partial charge in [0.2, 0.25) is 5.91 Å². The van der Waals surface area contributed by atoms with Gasteiger partial charge in [0, 0.05) is 6.92 Å². The van der Waals surface area contributed by atoms with Crippen LogP contribution in [-0.2, 0) is 11.2 Å². The Morgan fingerprint density at radius 2 is 1.54 bits per heavy atom. The van der Waals surface area contributed by atoms with E-state index in [9.17, 15) is 4.79 Å². The summed E-state index contributed by atoms with van der Waals surface area (Å²) in [6.07, 6.45) is 7.85. The van der Waals surface area contributed by atoms with Gasteiger partial charge < -0.3 is 9.47 Å². The zero-order chi connectivity index (χ0) is 20.0. The van der Waals surface area contributed by atoms with Gasteiger partial charge in [0.15, 0.2) is 0 Å². The van der Waals surface area contributed by atoms with Gasteiger partial charge in [-0.2, -0.15) is 5.10 Å². The molecule has 1 N–H and O–H groups in total. The van der Waals surface area contributed by atoms with E-state index < -0.39 is 0 Å². The fourth-order valence-electron chi connectivity index (χ4n) is 2.68. The van der Waals surface area contributed by atoms with E-state index in [0.717, 1.165) is 23.5 Å². The lowest BCUT2D eigenvalue weighted by Crippen LogP contribution is -2.12. The molecular formula is C23H30N2O3. The summed E-state index contributed by atoms with van der Waals surface area (Å²) >= 11 is 0. The third-order valence-electron chi connectivity index (χ3n) is 4.18. The van der Waals surface area contributed by atoms with E-state index in [1.54, 1.807) is 6.21 Å². The summed E-state index contributed by atoms with van der Waals surface area (Å²) in [5.41, 5.74) is 4.61. The fourth-order valence-corrected chi connectivity index (χ4v) is 2.68. The number of nitrogens with one attached hydrogen (secondary N) is 1.